The summed E-state index contributed by atoms with van der Waals surface area (Å²) in [4.78, 5) is 22.2. The number of halogens is 1. The quantitative estimate of drug-likeness (QED) is 0.469. The second kappa shape index (κ2) is 6.77. The molecule has 1 aliphatic rings. The summed E-state index contributed by atoms with van der Waals surface area (Å²) in [6.07, 6.45) is 1.05. The number of nitro groups is 1. The van der Waals surface area contributed by atoms with E-state index in [1.807, 2.05) is 0 Å². The monoisotopic (exact) mass is 406 g/mol. The third-order valence-corrected chi connectivity index (χ3v) is 3.86. The van der Waals surface area contributed by atoms with Crippen molar-refractivity contribution in [1.82, 2.24) is 5.43 Å². The van der Waals surface area contributed by atoms with Crippen LogP contribution < -0.4 is 20.0 Å². The second-order valence-electron chi connectivity index (χ2n) is 4.87. The topological polar surface area (TPSA) is 126 Å². The van der Waals surface area contributed by atoms with Gasteiger partial charge < -0.3 is 14.6 Å². The van der Waals surface area contributed by atoms with Crippen molar-refractivity contribution in [2.75, 3.05) is 6.79 Å². The van der Waals surface area contributed by atoms with E-state index in [9.17, 15) is 20.0 Å². The number of nitro benzene ring substituents is 1. The van der Waals surface area contributed by atoms with E-state index in [2.05, 4.69) is 26.5 Å². The predicted molar refractivity (Wildman–Crippen MR) is 87.9 cm³/mol. The first kappa shape index (κ1) is 16.7. The van der Waals surface area contributed by atoms with E-state index >= 15 is 0 Å². The lowest BCUT2D eigenvalue weighted by atomic mass is 10.2. The molecule has 25 heavy (non-hydrogen) atoms. The van der Waals surface area contributed by atoms with Crippen LogP contribution in [0, 0.1) is 10.1 Å². The Kier molecular flexibility index (Phi) is 4.52. The summed E-state index contributed by atoms with van der Waals surface area (Å²) in [6.45, 7) is 0.0898. The zero-order valence-corrected chi connectivity index (χ0v) is 14.0. The molecule has 10 heteroatoms. The zero-order valence-electron chi connectivity index (χ0n) is 12.4. The van der Waals surface area contributed by atoms with E-state index < -0.39 is 16.6 Å². The fourth-order valence-electron chi connectivity index (χ4n) is 2.06. The van der Waals surface area contributed by atoms with Gasteiger partial charge in [0.25, 0.3) is 11.6 Å². The third-order valence-electron chi connectivity index (χ3n) is 3.27. The molecule has 0 bridgehead atoms. The number of carbonyl (C=O) groups is 1. The third kappa shape index (κ3) is 3.53. The van der Waals surface area contributed by atoms with Crippen molar-refractivity contribution in [3.05, 3.63) is 56.0 Å². The highest BCUT2D eigenvalue weighted by atomic mass is 79.9. The van der Waals surface area contributed by atoms with E-state index in [0.29, 0.717) is 11.5 Å². The Balaban J connectivity index is 1.75. The van der Waals surface area contributed by atoms with Crippen LogP contribution in [-0.2, 0) is 0 Å². The fraction of sp³-hybridized carbons (Fsp3) is 0.0667. The molecule has 0 aliphatic carbocycles. The molecule has 2 aromatic rings. The van der Waals surface area contributed by atoms with Gasteiger partial charge in [0.1, 0.15) is 0 Å². The van der Waals surface area contributed by atoms with Crippen molar-refractivity contribution in [3.8, 4) is 17.2 Å². The summed E-state index contributed by atoms with van der Waals surface area (Å²) in [6, 6.07) is 6.79. The summed E-state index contributed by atoms with van der Waals surface area (Å²) < 4.78 is 10.4. The first-order chi connectivity index (χ1) is 12.0. The molecular weight excluding hydrogens is 398 g/mol. The molecule has 9 nitrogen and oxygen atoms in total. The maximum atomic E-state index is 12.0. The minimum atomic E-state index is -0.632. The van der Waals surface area contributed by atoms with Gasteiger partial charge in [-0.2, -0.15) is 5.10 Å². The van der Waals surface area contributed by atoms with Crippen molar-refractivity contribution in [2.45, 2.75) is 0 Å². The number of amides is 1. The number of carbonyl (C=O) groups excluding carboxylic acids is 1. The van der Waals surface area contributed by atoms with Gasteiger partial charge in [0.05, 0.1) is 11.1 Å². The number of hydrogen-bond donors (Lipinski definition) is 1. The number of hydrogen-bond acceptors (Lipinski definition) is 7. The van der Waals surface area contributed by atoms with Crippen LogP contribution in [0.1, 0.15) is 15.9 Å². The SMILES string of the molecule is O=C(N/N=C\c1cc([N+](=O)[O-])cc(Br)c1[O-])c1ccc2c(c1)OCO2. The summed E-state index contributed by atoms with van der Waals surface area (Å²) in [7, 11) is 0. The molecule has 0 saturated heterocycles. The molecular formula is C15H9BrN3O6-. The Morgan fingerprint density at radius 2 is 2.04 bits per heavy atom. The van der Waals surface area contributed by atoms with Gasteiger partial charge in [-0.3, -0.25) is 14.9 Å². The fourth-order valence-corrected chi connectivity index (χ4v) is 2.53. The van der Waals surface area contributed by atoms with Gasteiger partial charge in [-0.1, -0.05) is 21.7 Å². The Morgan fingerprint density at radius 3 is 2.80 bits per heavy atom. The summed E-state index contributed by atoms with van der Waals surface area (Å²) >= 11 is 2.96. The number of ether oxygens (including phenoxy) is 2. The minimum absolute atomic E-state index is 0.0326. The van der Waals surface area contributed by atoms with Crippen molar-refractivity contribution in [2.24, 2.45) is 5.10 Å². The molecule has 1 heterocycles. The molecule has 0 unspecified atom stereocenters. The standard InChI is InChI=1S/C15H10BrN3O6/c16-11-5-10(19(22)23)3-9(14(11)20)6-17-18-15(21)8-1-2-12-13(4-8)25-7-24-12/h1-6,20H,7H2,(H,18,21)/p-1/b17-6-. The highest BCUT2D eigenvalue weighted by Gasteiger charge is 2.16. The molecule has 128 valence electrons. The number of nitrogens with one attached hydrogen (secondary N) is 1. The molecule has 1 N–H and O–H groups in total. The van der Waals surface area contributed by atoms with Crippen molar-refractivity contribution in [3.63, 3.8) is 0 Å². The Hall–Kier alpha value is -3.14. The van der Waals surface area contributed by atoms with Gasteiger partial charge in [-0.15, -0.1) is 0 Å². The normalized spacial score (nSPS) is 12.4. The van der Waals surface area contributed by atoms with E-state index in [1.165, 1.54) is 12.1 Å². The average molecular weight is 407 g/mol. The van der Waals surface area contributed by atoms with E-state index in [0.717, 1.165) is 18.3 Å². The molecule has 3 rings (SSSR count). The summed E-state index contributed by atoms with van der Waals surface area (Å²) in [5.41, 5.74) is 2.22. The number of nitrogens with zero attached hydrogens (tertiary/aromatic N) is 2. The van der Waals surface area contributed by atoms with Crippen LogP contribution in [0.25, 0.3) is 0 Å². The van der Waals surface area contributed by atoms with Crippen LogP contribution in [0.5, 0.6) is 17.2 Å². The molecule has 1 aliphatic heterocycles. The minimum Gasteiger partial charge on any atom is -0.871 e. The van der Waals surface area contributed by atoms with E-state index in [4.69, 9.17) is 9.47 Å². The van der Waals surface area contributed by atoms with Crippen molar-refractivity contribution >= 4 is 33.7 Å². The van der Waals surface area contributed by atoms with E-state index in [1.54, 1.807) is 6.07 Å². The van der Waals surface area contributed by atoms with Crippen molar-refractivity contribution < 1.29 is 24.3 Å². The molecule has 1 amide bonds. The van der Waals surface area contributed by atoms with Crippen LogP contribution in [0.15, 0.2) is 39.9 Å². The number of rotatable bonds is 4. The number of fused-ring (bicyclic) bond motifs is 1. The maximum Gasteiger partial charge on any atom is 0.271 e. The lowest BCUT2D eigenvalue weighted by molar-refractivity contribution is -0.385. The summed E-state index contributed by atoms with van der Waals surface area (Å²) in [5, 5.41) is 26.4. The highest BCUT2D eigenvalue weighted by molar-refractivity contribution is 9.10. The van der Waals surface area contributed by atoms with Gasteiger partial charge in [-0.25, -0.2) is 5.43 Å². The number of hydrazone groups is 1. The van der Waals surface area contributed by atoms with Gasteiger partial charge >= 0.3 is 0 Å². The zero-order chi connectivity index (χ0) is 18.0. The van der Waals surface area contributed by atoms with Gasteiger partial charge in [0.2, 0.25) is 6.79 Å². The largest absolute Gasteiger partial charge is 0.871 e. The average Bonchev–Trinajstić information content (AvgIpc) is 3.05. The summed E-state index contributed by atoms with van der Waals surface area (Å²) in [5.74, 6) is -0.0308. The predicted octanol–water partition coefficient (Wildman–Crippen LogP) is 1.92. The lowest BCUT2D eigenvalue weighted by Crippen LogP contribution is -2.17. The molecule has 0 saturated carbocycles. The first-order valence-electron chi connectivity index (χ1n) is 6.83. The molecule has 0 radical (unpaired) electrons. The number of non-ortho nitro benzene ring substituents is 1. The van der Waals surface area contributed by atoms with Gasteiger partial charge in [0, 0.05) is 22.2 Å². The molecule has 0 spiro atoms. The Labute approximate surface area is 149 Å². The van der Waals surface area contributed by atoms with Crippen LogP contribution >= 0.6 is 15.9 Å². The van der Waals surface area contributed by atoms with E-state index in [-0.39, 0.29) is 28.1 Å². The molecule has 2 aromatic carbocycles. The van der Waals surface area contributed by atoms with Crippen LogP contribution in [-0.4, -0.2) is 23.8 Å². The smallest absolute Gasteiger partial charge is 0.271 e. The highest BCUT2D eigenvalue weighted by Crippen LogP contribution is 2.32. The van der Waals surface area contributed by atoms with Crippen molar-refractivity contribution in [1.29, 1.82) is 0 Å². The second-order valence-corrected chi connectivity index (χ2v) is 5.72. The molecule has 0 atom stereocenters. The first-order valence-corrected chi connectivity index (χ1v) is 7.63. The molecule has 0 fully saturated rings. The van der Waals surface area contributed by atoms with Crippen LogP contribution in [0.3, 0.4) is 0 Å². The Morgan fingerprint density at radius 1 is 1.28 bits per heavy atom. The number of benzene rings is 2. The maximum absolute atomic E-state index is 12.0. The lowest BCUT2D eigenvalue weighted by Gasteiger charge is -2.12. The van der Waals surface area contributed by atoms with Gasteiger partial charge in [-0.05, 0) is 23.8 Å². The van der Waals surface area contributed by atoms with Gasteiger partial charge in [0.15, 0.2) is 11.5 Å². The van der Waals surface area contributed by atoms with Crippen LogP contribution in [0.2, 0.25) is 0 Å². The molecule has 0 aromatic heterocycles. The Bertz CT molecular complexity index is 899. The van der Waals surface area contributed by atoms with Crippen LogP contribution in [0.4, 0.5) is 5.69 Å².